The van der Waals surface area contributed by atoms with Crippen LogP contribution in [0.15, 0.2) is 30.3 Å². The van der Waals surface area contributed by atoms with E-state index in [0.717, 1.165) is 32.7 Å². The molecule has 0 saturated heterocycles. The van der Waals surface area contributed by atoms with Crippen LogP contribution in [0, 0.1) is 0 Å². The van der Waals surface area contributed by atoms with Crippen molar-refractivity contribution in [2.75, 3.05) is 42.5 Å². The summed E-state index contributed by atoms with van der Waals surface area (Å²) in [7, 11) is -6.00. The van der Waals surface area contributed by atoms with E-state index in [1.54, 1.807) is 0 Å². The number of benzene rings is 1. The molecule has 0 heterocycles. The van der Waals surface area contributed by atoms with Crippen molar-refractivity contribution in [2.45, 2.75) is 34.6 Å². The van der Waals surface area contributed by atoms with Gasteiger partial charge in [0.2, 0.25) is 0 Å². The summed E-state index contributed by atoms with van der Waals surface area (Å²) in [6, 6.07) is 10.7. The number of rotatable bonds is 8. The summed E-state index contributed by atoms with van der Waals surface area (Å²) in [5.41, 5.74) is 4.15. The molecule has 0 fully saturated rings. The third kappa shape index (κ3) is 6.59. The minimum absolute atomic E-state index is 0.995. The molecule has 8 heteroatoms. The maximum Gasteiger partial charge on any atom is 0.673 e. The van der Waals surface area contributed by atoms with E-state index < -0.39 is 7.25 Å². The molecule has 0 unspecified atom stereocenters. The van der Waals surface area contributed by atoms with Gasteiger partial charge in [-0.05, 0) is 46.8 Å². The van der Waals surface area contributed by atoms with Crippen molar-refractivity contribution in [1.82, 2.24) is 4.58 Å². The molecule has 2 aromatic carbocycles. The maximum absolute atomic E-state index is 9.75. The molecule has 3 nitrogen and oxygen atoms in total. The molecule has 0 aliphatic heterocycles. The molecule has 0 aliphatic carbocycles. The smallest absolute Gasteiger partial charge is 0.418 e. The lowest BCUT2D eigenvalue weighted by Gasteiger charge is -2.20. The Morgan fingerprint density at radius 2 is 1.26 bits per heavy atom. The van der Waals surface area contributed by atoms with Gasteiger partial charge in [-0.1, -0.05) is 18.2 Å². The van der Waals surface area contributed by atoms with Gasteiger partial charge in [-0.15, -0.1) is 0 Å². The first kappa shape index (κ1) is 23.1. The van der Waals surface area contributed by atoms with Crippen LogP contribution in [0.4, 0.5) is 34.3 Å². The van der Waals surface area contributed by atoms with Gasteiger partial charge < -0.3 is 27.1 Å². The van der Waals surface area contributed by atoms with Crippen LogP contribution < -0.4 is 19.7 Å². The summed E-state index contributed by atoms with van der Waals surface area (Å²) < 4.78 is 41.5. The summed E-state index contributed by atoms with van der Waals surface area (Å²) in [5.74, 6) is 0. The fourth-order valence-corrected chi connectivity index (χ4v) is 3.17. The second kappa shape index (κ2) is 10.4. The number of nitrogens with zero attached hydrogens (tertiary/aromatic N) is 3. The molecular weight excluding hydrogens is 357 g/mol. The molecule has 0 radical (unpaired) electrons. The lowest BCUT2D eigenvalue weighted by atomic mass is 10.3. The quantitative estimate of drug-likeness (QED) is 0.370. The normalized spacial score (nSPS) is 11.1. The first-order chi connectivity index (χ1) is 12.7. The van der Waals surface area contributed by atoms with Crippen LogP contribution in [0.2, 0.25) is 0 Å². The van der Waals surface area contributed by atoms with Gasteiger partial charge in [-0.25, -0.2) is 4.58 Å². The van der Waals surface area contributed by atoms with Gasteiger partial charge in [0.1, 0.15) is 24.5 Å². The average Bonchev–Trinajstić information content (AvgIpc) is 3.32. The molecule has 0 atom stereocenters. The Labute approximate surface area is 159 Å². The number of hydrogen-bond donors (Lipinski definition) is 0. The van der Waals surface area contributed by atoms with E-state index in [9.17, 15) is 17.3 Å². The minimum atomic E-state index is -6.00. The highest BCUT2D eigenvalue weighted by Crippen LogP contribution is 2.36. The van der Waals surface area contributed by atoms with Crippen molar-refractivity contribution in [3.8, 4) is 0 Å². The highest BCUT2D eigenvalue weighted by atomic mass is 19.5. The predicted octanol–water partition coefficient (Wildman–Crippen LogP) is 4.68. The fraction of sp³-hybridized carbons (Fsp3) is 0.526. The molecule has 27 heavy (non-hydrogen) atoms. The van der Waals surface area contributed by atoms with Crippen LogP contribution in [-0.2, 0) is 0 Å². The van der Waals surface area contributed by atoms with E-state index >= 15 is 0 Å². The van der Waals surface area contributed by atoms with E-state index in [4.69, 9.17) is 0 Å². The number of para-hydroxylation sites is 1. The van der Waals surface area contributed by atoms with Crippen LogP contribution in [-0.4, -0.2) is 40.0 Å². The van der Waals surface area contributed by atoms with Gasteiger partial charge in [0.25, 0.3) is 5.36 Å². The summed E-state index contributed by atoms with van der Waals surface area (Å²) in [6.07, 6.45) is 0. The minimum Gasteiger partial charge on any atom is -0.418 e. The molecular formula is C19H30BF4N3. The van der Waals surface area contributed by atoms with E-state index in [0.29, 0.717) is 0 Å². The molecule has 2 aromatic rings. The fourth-order valence-electron chi connectivity index (χ4n) is 3.17. The van der Waals surface area contributed by atoms with Gasteiger partial charge in [0, 0.05) is 25.3 Å². The van der Waals surface area contributed by atoms with Crippen LogP contribution in [0.3, 0.4) is 0 Å². The van der Waals surface area contributed by atoms with Crippen molar-refractivity contribution in [2.24, 2.45) is 0 Å². The van der Waals surface area contributed by atoms with Crippen LogP contribution in [0.5, 0.6) is 0 Å². The van der Waals surface area contributed by atoms with Crippen molar-refractivity contribution in [1.29, 1.82) is 0 Å². The van der Waals surface area contributed by atoms with E-state index in [1.165, 1.54) is 22.4 Å². The van der Waals surface area contributed by atoms with Crippen LogP contribution in [0.25, 0.3) is 0 Å². The lowest BCUT2D eigenvalue weighted by molar-refractivity contribution is 0.368. The topological polar surface area (TPSA) is 9.49 Å². The molecule has 2 rings (SSSR count). The Morgan fingerprint density at radius 3 is 1.63 bits per heavy atom. The van der Waals surface area contributed by atoms with E-state index in [-0.39, 0.29) is 0 Å². The monoisotopic (exact) mass is 387 g/mol. The molecule has 0 saturated carbocycles. The van der Waals surface area contributed by atoms with Crippen molar-refractivity contribution >= 4 is 24.3 Å². The van der Waals surface area contributed by atoms with Gasteiger partial charge >= 0.3 is 7.25 Å². The van der Waals surface area contributed by atoms with Gasteiger partial charge in [0.15, 0.2) is 0 Å². The summed E-state index contributed by atoms with van der Waals surface area (Å²) in [4.78, 5) is 4.93. The average molecular weight is 387 g/mol. The molecule has 0 N–H and O–H groups in total. The third-order valence-corrected chi connectivity index (χ3v) is 4.42. The second-order valence-electron chi connectivity index (χ2n) is 5.97. The molecule has 0 aliphatic rings. The Bertz CT molecular complexity index is 690. The molecule has 0 amide bonds. The lowest BCUT2D eigenvalue weighted by Crippen LogP contribution is -2.28. The highest BCUT2D eigenvalue weighted by molar-refractivity contribution is 6.50. The Hall–Kier alpha value is -1.99. The maximum atomic E-state index is 9.75. The van der Waals surface area contributed by atoms with Crippen molar-refractivity contribution < 1.29 is 17.3 Å². The zero-order valence-corrected chi connectivity index (χ0v) is 16.9. The second-order valence-corrected chi connectivity index (χ2v) is 5.97. The summed E-state index contributed by atoms with van der Waals surface area (Å²) >= 11 is 0. The van der Waals surface area contributed by atoms with Gasteiger partial charge in [0.05, 0.1) is 0 Å². The largest absolute Gasteiger partial charge is 0.673 e. The zero-order chi connectivity index (χ0) is 20.6. The zero-order valence-electron chi connectivity index (χ0n) is 16.9. The first-order valence-corrected chi connectivity index (χ1v) is 9.54. The Morgan fingerprint density at radius 1 is 0.778 bits per heavy atom. The number of halogens is 4. The summed E-state index contributed by atoms with van der Waals surface area (Å²) in [5, 5.41) is 1.44. The Kier molecular flexibility index (Phi) is 8.86. The Balaban J connectivity index is 0.000000646. The third-order valence-electron chi connectivity index (χ3n) is 4.42. The predicted molar refractivity (Wildman–Crippen MR) is 108 cm³/mol. The first-order valence-electron chi connectivity index (χ1n) is 9.54. The van der Waals surface area contributed by atoms with Crippen molar-refractivity contribution in [3.63, 3.8) is 0 Å². The van der Waals surface area contributed by atoms with Gasteiger partial charge in [-0.3, -0.25) is 0 Å². The van der Waals surface area contributed by atoms with Crippen LogP contribution >= 0.6 is 0 Å². The molecule has 0 aromatic heterocycles. The summed E-state index contributed by atoms with van der Waals surface area (Å²) in [6.45, 7) is 16.4. The van der Waals surface area contributed by atoms with E-state index in [2.05, 4.69) is 79.3 Å². The standard InChI is InChI=1S/C19H30N3.BF4/c1-6-20(7-2)17-18(21(8-3)9-4)19(17)22(10-5)16-14-12-11-13-15-16;2-1(3,4)5/h11-15H,6-10H2,1-5H3;/q+1;-1. The highest BCUT2D eigenvalue weighted by Gasteiger charge is 2.36. The van der Waals surface area contributed by atoms with Gasteiger partial charge in [-0.2, -0.15) is 0 Å². The molecule has 152 valence electrons. The van der Waals surface area contributed by atoms with E-state index in [1.807, 2.05) is 0 Å². The van der Waals surface area contributed by atoms with Crippen molar-refractivity contribution in [3.05, 3.63) is 35.7 Å². The molecule has 0 bridgehead atoms. The number of anilines is 3. The number of hydrogen-bond acceptors (Lipinski definition) is 2. The van der Waals surface area contributed by atoms with Crippen LogP contribution in [0.1, 0.15) is 34.6 Å². The SMILES string of the molecule is CCN(CC)c1c(N(CC)c2ccccc2)c1=[N+](CC)CC.F[B-](F)(F)F. The molecule has 0 spiro atoms.